The highest BCUT2D eigenvalue weighted by molar-refractivity contribution is 7.92. The predicted octanol–water partition coefficient (Wildman–Crippen LogP) is 3.86. The molecule has 0 heterocycles. The Morgan fingerprint density at radius 3 is 2.39 bits per heavy atom. The van der Waals surface area contributed by atoms with E-state index in [1.54, 1.807) is 0 Å². The Kier molecular flexibility index (Phi) is 6.82. The maximum Gasteiger partial charge on any atom is 0.244 e. The summed E-state index contributed by atoms with van der Waals surface area (Å²) in [5.74, 6) is -1.01. The largest absolute Gasteiger partial charge is 0.347 e. The third-order valence-corrected chi connectivity index (χ3v) is 5.92. The Hall–Kier alpha value is -2.41. The molecule has 0 spiro atoms. The second-order valence-electron chi connectivity index (χ2n) is 7.04. The third kappa shape index (κ3) is 5.10. The van der Waals surface area contributed by atoms with Crippen molar-refractivity contribution in [3.8, 4) is 0 Å². The van der Waals surface area contributed by atoms with Crippen LogP contribution in [0.4, 0.5) is 10.1 Å². The molecule has 28 heavy (non-hydrogen) atoms. The van der Waals surface area contributed by atoms with Gasteiger partial charge in [-0.2, -0.15) is 0 Å². The Balaban J connectivity index is 2.31. The number of nitrogens with zero attached hydrogens (tertiary/aromatic N) is 1. The number of carbonyl (C=O) groups is 1. The van der Waals surface area contributed by atoms with Gasteiger partial charge in [-0.1, -0.05) is 36.8 Å². The van der Waals surface area contributed by atoms with Gasteiger partial charge >= 0.3 is 0 Å². The minimum atomic E-state index is -3.79. The average Bonchev–Trinajstić information content (AvgIpc) is 2.59. The second kappa shape index (κ2) is 8.73. The monoisotopic (exact) mass is 406 g/mol. The molecular weight excluding hydrogens is 379 g/mol. The van der Waals surface area contributed by atoms with Crippen molar-refractivity contribution < 1.29 is 17.6 Å². The van der Waals surface area contributed by atoms with Gasteiger partial charge in [0.2, 0.25) is 15.9 Å². The predicted molar refractivity (Wildman–Crippen MR) is 110 cm³/mol. The van der Waals surface area contributed by atoms with Crippen molar-refractivity contribution in [1.29, 1.82) is 0 Å². The smallest absolute Gasteiger partial charge is 0.244 e. The average molecular weight is 407 g/mol. The Labute approximate surface area is 166 Å². The molecular formula is C21H27FN2O3S. The molecule has 7 heteroatoms. The van der Waals surface area contributed by atoms with E-state index in [4.69, 9.17) is 0 Å². The molecule has 0 unspecified atom stereocenters. The molecule has 0 saturated carbocycles. The molecule has 0 aliphatic heterocycles. The molecule has 0 saturated heterocycles. The van der Waals surface area contributed by atoms with Crippen LogP contribution in [-0.2, 0) is 14.8 Å². The lowest BCUT2D eigenvalue weighted by molar-refractivity contribution is -0.122. The number of anilines is 1. The Morgan fingerprint density at radius 2 is 1.86 bits per heavy atom. The Morgan fingerprint density at radius 1 is 1.18 bits per heavy atom. The van der Waals surface area contributed by atoms with E-state index >= 15 is 0 Å². The van der Waals surface area contributed by atoms with Crippen LogP contribution in [0.3, 0.4) is 0 Å². The number of nitrogens with one attached hydrogen (secondary N) is 1. The summed E-state index contributed by atoms with van der Waals surface area (Å²) >= 11 is 0. The van der Waals surface area contributed by atoms with Gasteiger partial charge in [0, 0.05) is 0 Å². The first kappa shape index (κ1) is 21.9. The zero-order chi connectivity index (χ0) is 21.1. The summed E-state index contributed by atoms with van der Waals surface area (Å²) in [6.07, 6.45) is 1.66. The number of aryl methyl sites for hydroxylation is 2. The van der Waals surface area contributed by atoms with Crippen LogP contribution in [0.5, 0.6) is 0 Å². The summed E-state index contributed by atoms with van der Waals surface area (Å²) in [6.45, 7) is 7.43. The molecule has 1 N–H and O–H groups in total. The fourth-order valence-electron chi connectivity index (χ4n) is 3.33. The fourth-order valence-corrected chi connectivity index (χ4v) is 4.50. The second-order valence-corrected chi connectivity index (χ2v) is 8.90. The van der Waals surface area contributed by atoms with Crippen LogP contribution in [0.25, 0.3) is 0 Å². The van der Waals surface area contributed by atoms with E-state index in [1.807, 2.05) is 39.0 Å². The third-order valence-electron chi connectivity index (χ3n) is 4.68. The molecule has 0 aliphatic rings. The van der Waals surface area contributed by atoms with Gasteiger partial charge in [-0.15, -0.1) is 0 Å². The molecule has 2 atom stereocenters. The van der Waals surface area contributed by atoms with Gasteiger partial charge in [0.1, 0.15) is 11.9 Å². The normalized spacial score (nSPS) is 13.6. The summed E-state index contributed by atoms with van der Waals surface area (Å²) in [7, 11) is -3.79. The maximum absolute atomic E-state index is 13.6. The molecule has 2 aromatic carbocycles. The van der Waals surface area contributed by atoms with Crippen LogP contribution in [0.15, 0.2) is 42.5 Å². The minimum Gasteiger partial charge on any atom is -0.347 e. The molecule has 0 aromatic heterocycles. The number of carbonyl (C=O) groups excluding carboxylic acids is 1. The number of sulfonamides is 1. The van der Waals surface area contributed by atoms with E-state index in [2.05, 4.69) is 5.32 Å². The first-order chi connectivity index (χ1) is 13.0. The van der Waals surface area contributed by atoms with E-state index in [1.165, 1.54) is 25.1 Å². The number of amides is 1. The molecule has 0 bridgehead atoms. The number of rotatable bonds is 7. The molecule has 0 aliphatic carbocycles. The van der Waals surface area contributed by atoms with E-state index in [0.29, 0.717) is 6.42 Å². The molecule has 5 nitrogen and oxygen atoms in total. The van der Waals surface area contributed by atoms with Crippen LogP contribution in [0.2, 0.25) is 0 Å². The summed E-state index contributed by atoms with van der Waals surface area (Å²) in [6, 6.07) is 9.94. The summed E-state index contributed by atoms with van der Waals surface area (Å²) in [5, 5.41) is 2.94. The summed E-state index contributed by atoms with van der Waals surface area (Å²) in [5.41, 5.74) is 3.30. The van der Waals surface area contributed by atoms with Gasteiger partial charge in [-0.3, -0.25) is 9.10 Å². The number of hydrogen-bond acceptors (Lipinski definition) is 3. The van der Waals surface area contributed by atoms with Gasteiger partial charge in [-0.25, -0.2) is 12.8 Å². The Bertz CT molecular complexity index is 960. The lowest BCUT2D eigenvalue weighted by Gasteiger charge is -2.30. The minimum absolute atomic E-state index is 0.115. The SMILES string of the molecule is CC[C@@H](NC(=O)[C@H](C)N(c1cccc(F)c1)S(C)(=O)=O)c1ccc(C)cc1C. The molecule has 2 rings (SSSR count). The number of halogens is 1. The van der Waals surface area contributed by atoms with Crippen LogP contribution < -0.4 is 9.62 Å². The number of hydrogen-bond donors (Lipinski definition) is 1. The van der Waals surface area contributed by atoms with Crippen molar-refractivity contribution in [3.05, 3.63) is 65.0 Å². The lowest BCUT2D eigenvalue weighted by Crippen LogP contribution is -2.48. The van der Waals surface area contributed by atoms with Crippen molar-refractivity contribution in [3.63, 3.8) is 0 Å². The first-order valence-electron chi connectivity index (χ1n) is 9.17. The standard InChI is InChI=1S/C21H27FN2O3S/c1-6-20(19-11-10-14(2)12-15(19)3)23-21(25)16(4)24(28(5,26)27)18-9-7-8-17(22)13-18/h7-13,16,20H,6H2,1-5H3,(H,23,25)/t16-,20+/m0/s1. The van der Waals surface area contributed by atoms with E-state index in [-0.39, 0.29) is 11.7 Å². The fraction of sp³-hybridized carbons (Fsp3) is 0.381. The zero-order valence-corrected chi connectivity index (χ0v) is 17.7. The molecule has 0 radical (unpaired) electrons. The van der Waals surface area contributed by atoms with Gasteiger partial charge < -0.3 is 5.32 Å². The van der Waals surface area contributed by atoms with Crippen molar-refractivity contribution >= 4 is 21.6 Å². The van der Waals surface area contributed by atoms with Crippen LogP contribution in [-0.4, -0.2) is 26.6 Å². The molecule has 0 fully saturated rings. The summed E-state index contributed by atoms with van der Waals surface area (Å²) in [4.78, 5) is 12.9. The topological polar surface area (TPSA) is 66.5 Å². The number of benzene rings is 2. The van der Waals surface area contributed by atoms with Crippen molar-refractivity contribution in [1.82, 2.24) is 5.32 Å². The molecule has 1 amide bonds. The van der Waals surface area contributed by atoms with Gasteiger partial charge in [0.15, 0.2) is 0 Å². The zero-order valence-electron chi connectivity index (χ0n) is 16.9. The van der Waals surface area contributed by atoms with E-state index < -0.39 is 27.8 Å². The first-order valence-corrected chi connectivity index (χ1v) is 11.0. The molecule has 2 aromatic rings. The highest BCUT2D eigenvalue weighted by atomic mass is 32.2. The van der Waals surface area contributed by atoms with Crippen LogP contribution >= 0.6 is 0 Å². The van der Waals surface area contributed by atoms with Gasteiger partial charge in [0.25, 0.3) is 0 Å². The highest BCUT2D eigenvalue weighted by Gasteiger charge is 2.30. The van der Waals surface area contributed by atoms with E-state index in [9.17, 15) is 17.6 Å². The molecule has 152 valence electrons. The van der Waals surface area contributed by atoms with Crippen LogP contribution in [0.1, 0.15) is 43.0 Å². The van der Waals surface area contributed by atoms with Gasteiger partial charge in [0.05, 0.1) is 18.0 Å². The van der Waals surface area contributed by atoms with E-state index in [0.717, 1.165) is 33.3 Å². The lowest BCUT2D eigenvalue weighted by atomic mass is 9.97. The van der Waals surface area contributed by atoms with Crippen molar-refractivity contribution in [2.45, 2.75) is 46.2 Å². The van der Waals surface area contributed by atoms with Gasteiger partial charge in [-0.05, 0) is 56.5 Å². The van der Waals surface area contributed by atoms with Crippen molar-refractivity contribution in [2.75, 3.05) is 10.6 Å². The summed E-state index contributed by atoms with van der Waals surface area (Å²) < 4.78 is 39.2. The van der Waals surface area contributed by atoms with Crippen molar-refractivity contribution in [2.24, 2.45) is 0 Å². The quantitative estimate of drug-likeness (QED) is 0.759. The highest BCUT2D eigenvalue weighted by Crippen LogP contribution is 2.24. The maximum atomic E-state index is 13.6. The van der Waals surface area contributed by atoms with Crippen LogP contribution in [0, 0.1) is 19.7 Å².